The molecule has 1 heterocycles. The Kier molecular flexibility index (Phi) is 5.34. The van der Waals surface area contributed by atoms with Gasteiger partial charge in [-0.1, -0.05) is 13.3 Å². The highest BCUT2D eigenvalue weighted by Crippen LogP contribution is 2.28. The maximum atomic E-state index is 5.37. The van der Waals surface area contributed by atoms with Crippen LogP contribution in [0.4, 0.5) is 11.9 Å². The average Bonchev–Trinajstić information content (AvgIpc) is 2.48. The molecule has 0 saturated heterocycles. The Balaban J connectivity index is 1.99. The Morgan fingerprint density at radius 3 is 2.40 bits per heavy atom. The summed E-state index contributed by atoms with van der Waals surface area (Å²) in [7, 11) is 0. The zero-order chi connectivity index (χ0) is 14.4. The third kappa shape index (κ3) is 3.93. The van der Waals surface area contributed by atoms with Crippen LogP contribution in [0.1, 0.15) is 46.0 Å². The number of nitrogen functional groups attached to an aromatic ring is 1. The molecule has 0 amide bonds. The largest absolute Gasteiger partial charge is 0.464 e. The molecule has 112 valence electrons. The molecule has 1 aromatic heterocycles. The third-order valence-corrected chi connectivity index (χ3v) is 3.77. The first-order valence-electron chi connectivity index (χ1n) is 7.37. The summed E-state index contributed by atoms with van der Waals surface area (Å²) in [5, 5.41) is 3.36. The van der Waals surface area contributed by atoms with Gasteiger partial charge in [0.1, 0.15) is 0 Å². The van der Waals surface area contributed by atoms with Crippen LogP contribution in [0.15, 0.2) is 0 Å². The van der Waals surface area contributed by atoms with Gasteiger partial charge >= 0.3 is 6.01 Å². The van der Waals surface area contributed by atoms with Crippen LogP contribution in [0.2, 0.25) is 0 Å². The minimum absolute atomic E-state index is 0.292. The molecular formula is C13H24N6O. The summed E-state index contributed by atoms with van der Waals surface area (Å²) < 4.78 is 5.31. The van der Waals surface area contributed by atoms with Crippen LogP contribution in [0, 0.1) is 5.92 Å². The van der Waals surface area contributed by atoms with Gasteiger partial charge in [0.15, 0.2) is 0 Å². The van der Waals surface area contributed by atoms with E-state index in [2.05, 4.69) is 32.6 Å². The topological polar surface area (TPSA) is 98.0 Å². The van der Waals surface area contributed by atoms with Crippen molar-refractivity contribution < 1.29 is 4.74 Å². The van der Waals surface area contributed by atoms with Gasteiger partial charge in [0.25, 0.3) is 0 Å². The number of nitrogens with one attached hydrogen (secondary N) is 2. The fourth-order valence-corrected chi connectivity index (χ4v) is 2.58. The second-order valence-corrected chi connectivity index (χ2v) is 5.11. The minimum Gasteiger partial charge on any atom is -0.464 e. The third-order valence-electron chi connectivity index (χ3n) is 3.77. The van der Waals surface area contributed by atoms with Gasteiger partial charge < -0.3 is 10.1 Å². The summed E-state index contributed by atoms with van der Waals surface area (Å²) in [4.78, 5) is 12.5. The fraction of sp³-hybridized carbons (Fsp3) is 0.769. The van der Waals surface area contributed by atoms with E-state index in [0.717, 1.165) is 18.8 Å². The van der Waals surface area contributed by atoms with Gasteiger partial charge in [-0.25, -0.2) is 5.84 Å². The molecule has 7 nitrogen and oxygen atoms in total. The number of hydrogen-bond donors (Lipinski definition) is 3. The van der Waals surface area contributed by atoms with E-state index < -0.39 is 0 Å². The van der Waals surface area contributed by atoms with E-state index in [9.17, 15) is 0 Å². The molecule has 0 bridgehead atoms. The highest BCUT2D eigenvalue weighted by molar-refractivity contribution is 5.35. The zero-order valence-electron chi connectivity index (χ0n) is 12.2. The van der Waals surface area contributed by atoms with Gasteiger partial charge in [0.2, 0.25) is 11.9 Å². The fourth-order valence-electron chi connectivity index (χ4n) is 2.58. The molecule has 0 aromatic carbocycles. The normalized spacial score (nSPS) is 22.4. The van der Waals surface area contributed by atoms with Crippen LogP contribution in [0.5, 0.6) is 6.01 Å². The number of aromatic nitrogens is 3. The van der Waals surface area contributed by atoms with E-state index >= 15 is 0 Å². The van der Waals surface area contributed by atoms with Crippen molar-refractivity contribution in [2.75, 3.05) is 17.3 Å². The summed E-state index contributed by atoms with van der Waals surface area (Å²) in [6, 6.07) is 0.709. The number of rotatable bonds is 6. The molecule has 1 saturated carbocycles. The maximum Gasteiger partial charge on any atom is 0.323 e. The molecule has 1 aliphatic rings. The Labute approximate surface area is 119 Å². The Morgan fingerprint density at radius 2 is 1.80 bits per heavy atom. The van der Waals surface area contributed by atoms with Crippen molar-refractivity contribution in [3.8, 4) is 6.01 Å². The molecule has 1 aromatic rings. The van der Waals surface area contributed by atoms with Crippen molar-refractivity contribution in [1.29, 1.82) is 0 Å². The summed E-state index contributed by atoms with van der Waals surface area (Å²) in [6.45, 7) is 4.66. The first-order chi connectivity index (χ1) is 9.75. The number of nitrogens with two attached hydrogens (primary N) is 1. The number of hydrazine groups is 1. The zero-order valence-corrected chi connectivity index (χ0v) is 12.2. The molecule has 4 N–H and O–H groups in total. The predicted octanol–water partition coefficient (Wildman–Crippen LogP) is 1.94. The first-order valence-corrected chi connectivity index (χ1v) is 7.37. The molecule has 0 aliphatic heterocycles. The molecule has 0 atom stereocenters. The van der Waals surface area contributed by atoms with Gasteiger partial charge in [-0.3, -0.25) is 5.43 Å². The van der Waals surface area contributed by atoms with E-state index in [4.69, 9.17) is 10.6 Å². The number of nitrogens with zero attached hydrogens (tertiary/aromatic N) is 3. The van der Waals surface area contributed by atoms with E-state index in [1.165, 1.54) is 19.3 Å². The lowest BCUT2D eigenvalue weighted by Gasteiger charge is -2.28. The molecule has 0 radical (unpaired) electrons. The molecule has 2 rings (SSSR count). The number of anilines is 2. The highest BCUT2D eigenvalue weighted by Gasteiger charge is 2.21. The van der Waals surface area contributed by atoms with Gasteiger partial charge in [-0.15, -0.1) is 0 Å². The summed E-state index contributed by atoms with van der Waals surface area (Å²) in [6.07, 6.45) is 6.10. The maximum absolute atomic E-state index is 5.37. The molecule has 0 spiro atoms. The van der Waals surface area contributed by atoms with Crippen molar-refractivity contribution in [1.82, 2.24) is 15.0 Å². The van der Waals surface area contributed by atoms with E-state index in [0.29, 0.717) is 30.6 Å². The monoisotopic (exact) mass is 280 g/mol. The van der Waals surface area contributed by atoms with E-state index in [1.807, 2.05) is 6.92 Å². The van der Waals surface area contributed by atoms with Crippen molar-refractivity contribution in [3.05, 3.63) is 0 Å². The van der Waals surface area contributed by atoms with Crippen LogP contribution < -0.4 is 21.3 Å². The van der Waals surface area contributed by atoms with Gasteiger partial charge in [-0.2, -0.15) is 15.0 Å². The summed E-state index contributed by atoms with van der Waals surface area (Å²) >= 11 is 0. The van der Waals surface area contributed by atoms with Crippen LogP contribution in [-0.4, -0.2) is 27.6 Å². The summed E-state index contributed by atoms with van der Waals surface area (Å²) in [5.41, 5.74) is 2.44. The van der Waals surface area contributed by atoms with E-state index in [1.54, 1.807) is 0 Å². The van der Waals surface area contributed by atoms with Crippen molar-refractivity contribution >= 4 is 11.9 Å². The lowest BCUT2D eigenvalue weighted by Crippen LogP contribution is -2.27. The molecule has 7 heteroatoms. The Morgan fingerprint density at radius 1 is 1.10 bits per heavy atom. The van der Waals surface area contributed by atoms with Crippen LogP contribution in [-0.2, 0) is 0 Å². The van der Waals surface area contributed by atoms with Gasteiger partial charge in [-0.05, 0) is 38.5 Å². The average molecular weight is 280 g/mol. The van der Waals surface area contributed by atoms with Crippen LogP contribution in [0.25, 0.3) is 0 Å². The van der Waals surface area contributed by atoms with Crippen molar-refractivity contribution in [2.24, 2.45) is 11.8 Å². The molecular weight excluding hydrogens is 256 g/mol. The van der Waals surface area contributed by atoms with Gasteiger partial charge in [0, 0.05) is 6.04 Å². The second kappa shape index (κ2) is 7.23. The smallest absolute Gasteiger partial charge is 0.323 e. The van der Waals surface area contributed by atoms with Crippen molar-refractivity contribution in [2.45, 2.75) is 52.0 Å². The van der Waals surface area contributed by atoms with Crippen molar-refractivity contribution in [3.63, 3.8) is 0 Å². The molecule has 1 aliphatic carbocycles. The minimum atomic E-state index is 0.292. The van der Waals surface area contributed by atoms with E-state index in [-0.39, 0.29) is 0 Å². The van der Waals surface area contributed by atoms with Gasteiger partial charge in [0.05, 0.1) is 6.61 Å². The molecule has 1 fully saturated rings. The standard InChI is InChI=1S/C13H24N6O/c1-3-9-5-7-10(8-6-9)15-11-16-12(19-14)18-13(17-11)20-4-2/h9-10H,3-8,14H2,1-2H3,(H2,15,16,17,18,19). The number of hydrogen-bond acceptors (Lipinski definition) is 7. The second-order valence-electron chi connectivity index (χ2n) is 5.11. The summed E-state index contributed by atoms with van der Waals surface area (Å²) in [5.74, 6) is 7.07. The molecule has 0 unspecified atom stereocenters. The quantitative estimate of drug-likeness (QED) is 0.541. The lowest BCUT2D eigenvalue weighted by atomic mass is 9.85. The highest BCUT2D eigenvalue weighted by atomic mass is 16.5. The number of ether oxygens (including phenoxy) is 1. The Hall–Kier alpha value is -1.63. The SMILES string of the molecule is CCOc1nc(NN)nc(NC2CCC(CC)CC2)n1. The Bertz CT molecular complexity index is 419. The van der Waals surface area contributed by atoms with Crippen LogP contribution in [0.3, 0.4) is 0 Å². The van der Waals surface area contributed by atoms with Crippen LogP contribution >= 0.6 is 0 Å². The predicted molar refractivity (Wildman–Crippen MR) is 78.5 cm³/mol. The first kappa shape index (κ1) is 14.8. The lowest BCUT2D eigenvalue weighted by molar-refractivity contribution is 0.311. The molecule has 20 heavy (non-hydrogen) atoms.